The van der Waals surface area contributed by atoms with Gasteiger partial charge in [-0.05, 0) is 47.2 Å². The lowest BCUT2D eigenvalue weighted by Gasteiger charge is -2.50. The summed E-state index contributed by atoms with van der Waals surface area (Å²) in [6.07, 6.45) is 4.24. The second kappa shape index (κ2) is 5.68. The number of likely N-dealkylation sites (N-methyl/N-ethyl adjacent to an activating group) is 1. The maximum absolute atomic E-state index is 3.40. The Labute approximate surface area is 107 Å². The molecule has 0 bridgehead atoms. The lowest BCUT2D eigenvalue weighted by Crippen LogP contribution is -2.63. The highest BCUT2D eigenvalue weighted by Crippen LogP contribution is 2.25. The maximum atomic E-state index is 3.40. The minimum absolute atomic E-state index is 0.576. The van der Waals surface area contributed by atoms with Gasteiger partial charge in [-0.1, -0.05) is 6.42 Å². The van der Waals surface area contributed by atoms with Gasteiger partial charge in [0.1, 0.15) is 0 Å². The van der Waals surface area contributed by atoms with Crippen molar-refractivity contribution >= 4 is 0 Å². The van der Waals surface area contributed by atoms with Gasteiger partial charge >= 0.3 is 0 Å². The number of rotatable bonds is 3. The summed E-state index contributed by atoms with van der Waals surface area (Å²) in [5.41, 5.74) is 0. The number of piperazine rings is 1. The van der Waals surface area contributed by atoms with Crippen molar-refractivity contribution in [1.82, 2.24) is 15.1 Å². The van der Waals surface area contributed by atoms with Crippen LogP contribution in [0.2, 0.25) is 0 Å². The Morgan fingerprint density at radius 2 is 1.94 bits per heavy atom. The zero-order valence-corrected chi connectivity index (χ0v) is 11.9. The van der Waals surface area contributed by atoms with Crippen LogP contribution in [0.4, 0.5) is 0 Å². The van der Waals surface area contributed by atoms with Crippen molar-refractivity contribution in [2.24, 2.45) is 0 Å². The summed E-state index contributed by atoms with van der Waals surface area (Å²) in [4.78, 5) is 5.44. The second-order valence-electron chi connectivity index (χ2n) is 6.01. The van der Waals surface area contributed by atoms with Crippen molar-refractivity contribution in [3.05, 3.63) is 0 Å². The van der Waals surface area contributed by atoms with E-state index in [1.54, 1.807) is 0 Å². The highest BCUT2D eigenvalue weighted by molar-refractivity contribution is 4.92. The predicted octanol–water partition coefficient (Wildman–Crippen LogP) is 1.54. The smallest absolute Gasteiger partial charge is 0.0224 e. The van der Waals surface area contributed by atoms with E-state index in [1.165, 1.54) is 38.9 Å². The average Bonchev–Trinajstić information content (AvgIpc) is 2.36. The Hall–Kier alpha value is -0.120. The van der Waals surface area contributed by atoms with Gasteiger partial charge in [-0.25, -0.2) is 0 Å². The van der Waals surface area contributed by atoms with Crippen LogP contribution in [-0.4, -0.2) is 60.6 Å². The number of hydrogen-bond donors (Lipinski definition) is 1. The summed E-state index contributed by atoms with van der Waals surface area (Å²) < 4.78 is 0. The van der Waals surface area contributed by atoms with Gasteiger partial charge in [-0.15, -0.1) is 0 Å². The molecule has 17 heavy (non-hydrogen) atoms. The molecule has 0 aromatic carbocycles. The number of nitrogens with zero attached hydrogens (tertiary/aromatic N) is 2. The van der Waals surface area contributed by atoms with Crippen molar-refractivity contribution in [3.8, 4) is 0 Å². The quantitative estimate of drug-likeness (QED) is 0.806. The Morgan fingerprint density at radius 1 is 1.18 bits per heavy atom. The molecule has 4 atom stereocenters. The topological polar surface area (TPSA) is 18.5 Å². The van der Waals surface area contributed by atoms with Crippen LogP contribution in [-0.2, 0) is 0 Å². The number of nitrogens with one attached hydrogen (secondary N) is 1. The molecule has 3 heteroatoms. The Morgan fingerprint density at radius 3 is 2.65 bits per heavy atom. The maximum Gasteiger partial charge on any atom is 0.0224 e. The Kier molecular flexibility index (Phi) is 4.45. The summed E-state index contributed by atoms with van der Waals surface area (Å²) >= 11 is 0. The first-order valence-corrected chi connectivity index (χ1v) is 7.30. The van der Waals surface area contributed by atoms with Crippen LogP contribution < -0.4 is 5.32 Å². The van der Waals surface area contributed by atoms with Crippen molar-refractivity contribution in [2.75, 3.05) is 26.7 Å². The van der Waals surface area contributed by atoms with E-state index >= 15 is 0 Å². The van der Waals surface area contributed by atoms with E-state index in [-0.39, 0.29) is 0 Å². The number of piperidine rings is 1. The van der Waals surface area contributed by atoms with Crippen LogP contribution in [0, 0.1) is 0 Å². The third-order valence-electron chi connectivity index (χ3n) is 4.94. The van der Waals surface area contributed by atoms with Crippen LogP contribution in [0.15, 0.2) is 0 Å². The van der Waals surface area contributed by atoms with Gasteiger partial charge in [0.2, 0.25) is 0 Å². The fraction of sp³-hybridized carbons (Fsp3) is 1.00. The molecule has 1 N–H and O–H groups in total. The first-order valence-electron chi connectivity index (χ1n) is 7.30. The fourth-order valence-electron chi connectivity index (χ4n) is 3.47. The highest BCUT2D eigenvalue weighted by Gasteiger charge is 2.35. The minimum atomic E-state index is 0.576. The molecular formula is C14H29N3. The van der Waals surface area contributed by atoms with Gasteiger partial charge < -0.3 is 5.32 Å². The molecule has 0 aromatic heterocycles. The molecule has 0 saturated carbocycles. The molecule has 2 saturated heterocycles. The summed E-state index contributed by atoms with van der Waals surface area (Å²) in [6, 6.07) is 2.74. The summed E-state index contributed by atoms with van der Waals surface area (Å²) in [7, 11) is 2.07. The average molecular weight is 239 g/mol. The minimum Gasteiger partial charge on any atom is -0.316 e. The van der Waals surface area contributed by atoms with Crippen molar-refractivity contribution in [3.63, 3.8) is 0 Å². The number of fused-ring (bicyclic) bond motifs is 1. The standard InChI is InChI=1S/C14H29N3/c1-11-9-16-8-6-5-7-14(16)10-17(11)13(3)12(2)15-4/h11-15H,5-10H2,1-4H3. The molecular weight excluding hydrogens is 210 g/mol. The molecule has 0 aliphatic carbocycles. The molecule has 0 radical (unpaired) electrons. The SMILES string of the molecule is CNC(C)C(C)N1CC2CCCCN2CC1C. The van der Waals surface area contributed by atoms with Gasteiger partial charge in [0, 0.05) is 37.3 Å². The van der Waals surface area contributed by atoms with Crippen LogP contribution in [0.25, 0.3) is 0 Å². The van der Waals surface area contributed by atoms with E-state index in [1.807, 2.05) is 0 Å². The first-order chi connectivity index (χ1) is 8.13. The monoisotopic (exact) mass is 239 g/mol. The largest absolute Gasteiger partial charge is 0.316 e. The summed E-state index contributed by atoms with van der Waals surface area (Å²) in [6.45, 7) is 10.9. The predicted molar refractivity (Wildman–Crippen MR) is 73.4 cm³/mol. The number of hydrogen-bond acceptors (Lipinski definition) is 3. The van der Waals surface area contributed by atoms with Gasteiger partial charge in [-0.2, -0.15) is 0 Å². The summed E-state index contributed by atoms with van der Waals surface area (Å²) in [5, 5.41) is 3.40. The van der Waals surface area contributed by atoms with E-state index < -0.39 is 0 Å². The van der Waals surface area contributed by atoms with Crippen molar-refractivity contribution in [2.45, 2.75) is 64.2 Å². The van der Waals surface area contributed by atoms with E-state index in [0.29, 0.717) is 18.1 Å². The van der Waals surface area contributed by atoms with Gasteiger partial charge in [-0.3, -0.25) is 9.80 Å². The van der Waals surface area contributed by atoms with E-state index in [0.717, 1.165) is 6.04 Å². The molecule has 0 amide bonds. The lowest BCUT2D eigenvalue weighted by atomic mass is 9.95. The Balaban J connectivity index is 1.98. The van der Waals surface area contributed by atoms with Crippen LogP contribution >= 0.6 is 0 Å². The molecule has 2 heterocycles. The second-order valence-corrected chi connectivity index (χ2v) is 6.01. The highest BCUT2D eigenvalue weighted by atomic mass is 15.3. The van der Waals surface area contributed by atoms with E-state index in [4.69, 9.17) is 0 Å². The van der Waals surface area contributed by atoms with Gasteiger partial charge in [0.15, 0.2) is 0 Å². The van der Waals surface area contributed by atoms with Gasteiger partial charge in [0.25, 0.3) is 0 Å². The van der Waals surface area contributed by atoms with E-state index in [9.17, 15) is 0 Å². The van der Waals surface area contributed by atoms with Gasteiger partial charge in [0.05, 0.1) is 0 Å². The molecule has 2 fully saturated rings. The first kappa shape index (κ1) is 13.3. The fourth-order valence-corrected chi connectivity index (χ4v) is 3.47. The van der Waals surface area contributed by atoms with Crippen LogP contribution in [0.5, 0.6) is 0 Å². The third kappa shape index (κ3) is 2.83. The van der Waals surface area contributed by atoms with Crippen LogP contribution in [0.3, 0.4) is 0 Å². The summed E-state index contributed by atoms with van der Waals surface area (Å²) in [5.74, 6) is 0. The zero-order chi connectivity index (χ0) is 12.4. The zero-order valence-electron chi connectivity index (χ0n) is 11.9. The molecule has 100 valence electrons. The van der Waals surface area contributed by atoms with Crippen molar-refractivity contribution in [1.29, 1.82) is 0 Å². The molecule has 4 unspecified atom stereocenters. The molecule has 0 aromatic rings. The third-order valence-corrected chi connectivity index (χ3v) is 4.94. The molecule has 2 rings (SSSR count). The molecule has 2 aliphatic rings. The van der Waals surface area contributed by atoms with E-state index in [2.05, 4.69) is 42.9 Å². The van der Waals surface area contributed by atoms with Crippen molar-refractivity contribution < 1.29 is 0 Å². The molecule has 0 spiro atoms. The Bertz CT molecular complexity index is 244. The van der Waals surface area contributed by atoms with Crippen LogP contribution in [0.1, 0.15) is 40.0 Å². The lowest BCUT2D eigenvalue weighted by molar-refractivity contribution is -0.0101. The molecule has 2 aliphatic heterocycles. The normalized spacial score (nSPS) is 35.3. The molecule has 3 nitrogen and oxygen atoms in total.